The van der Waals surface area contributed by atoms with Gasteiger partial charge in [0, 0.05) is 4.90 Å². The summed E-state index contributed by atoms with van der Waals surface area (Å²) in [7, 11) is 0. The highest BCUT2D eigenvalue weighted by Gasteiger charge is 2.14. The lowest BCUT2D eigenvalue weighted by atomic mass is 10.1. The number of hydrogen-bond acceptors (Lipinski definition) is 5. The Morgan fingerprint density at radius 3 is 2.72 bits per heavy atom. The van der Waals surface area contributed by atoms with Crippen molar-refractivity contribution in [3.63, 3.8) is 0 Å². The van der Waals surface area contributed by atoms with Crippen LogP contribution in [-0.4, -0.2) is 24.2 Å². The molecule has 2 aromatic rings. The third-order valence-electron chi connectivity index (χ3n) is 3.40. The number of aryl methyl sites for hydroxylation is 2. The fourth-order valence-corrected chi connectivity index (χ4v) is 2.83. The molecule has 0 radical (unpaired) electrons. The van der Waals surface area contributed by atoms with Gasteiger partial charge in [-0.3, -0.25) is 4.79 Å². The van der Waals surface area contributed by atoms with Gasteiger partial charge in [0.05, 0.1) is 23.1 Å². The number of anilines is 1. The molecular formula is C19H18N2O3S. The van der Waals surface area contributed by atoms with Gasteiger partial charge in [0.25, 0.3) is 5.91 Å². The standard InChI is InChI=1S/C19H18N2O3S/c1-13-7-8-14(2)15(11-13)19(23)24-12-18(22)21-16-5-3-4-6-17(16)25-10-9-20/h3-8,11H,10,12H2,1-2H3,(H,21,22). The van der Waals surface area contributed by atoms with Crippen LogP contribution in [0.4, 0.5) is 5.69 Å². The number of carbonyl (C=O) groups is 2. The summed E-state index contributed by atoms with van der Waals surface area (Å²) >= 11 is 1.33. The Hall–Kier alpha value is -2.78. The van der Waals surface area contributed by atoms with Gasteiger partial charge < -0.3 is 10.1 Å². The zero-order valence-corrected chi connectivity index (χ0v) is 14.9. The molecule has 0 aliphatic carbocycles. The van der Waals surface area contributed by atoms with Crippen molar-refractivity contribution in [3.8, 4) is 6.07 Å². The maximum Gasteiger partial charge on any atom is 0.338 e. The molecule has 6 heteroatoms. The van der Waals surface area contributed by atoms with Gasteiger partial charge in [0.15, 0.2) is 6.61 Å². The first-order valence-electron chi connectivity index (χ1n) is 7.64. The van der Waals surface area contributed by atoms with Gasteiger partial charge in [-0.05, 0) is 37.6 Å². The normalized spacial score (nSPS) is 9.96. The smallest absolute Gasteiger partial charge is 0.338 e. The number of nitrogens with one attached hydrogen (secondary N) is 1. The first-order valence-corrected chi connectivity index (χ1v) is 8.63. The first-order chi connectivity index (χ1) is 12.0. The van der Waals surface area contributed by atoms with E-state index in [1.54, 1.807) is 18.2 Å². The van der Waals surface area contributed by atoms with Crippen molar-refractivity contribution < 1.29 is 14.3 Å². The van der Waals surface area contributed by atoms with E-state index in [-0.39, 0.29) is 12.4 Å². The van der Waals surface area contributed by atoms with E-state index in [9.17, 15) is 9.59 Å². The summed E-state index contributed by atoms with van der Waals surface area (Å²) < 4.78 is 5.11. The van der Waals surface area contributed by atoms with Crippen molar-refractivity contribution in [1.82, 2.24) is 0 Å². The van der Waals surface area contributed by atoms with Gasteiger partial charge in [0.1, 0.15) is 0 Å². The van der Waals surface area contributed by atoms with Gasteiger partial charge in [-0.2, -0.15) is 5.26 Å². The lowest BCUT2D eigenvalue weighted by Crippen LogP contribution is -2.21. The fourth-order valence-electron chi connectivity index (χ4n) is 2.16. The van der Waals surface area contributed by atoms with Crippen LogP contribution < -0.4 is 5.32 Å². The van der Waals surface area contributed by atoms with E-state index in [1.165, 1.54) is 11.8 Å². The van der Waals surface area contributed by atoms with Gasteiger partial charge in [-0.15, -0.1) is 11.8 Å². The van der Waals surface area contributed by atoms with Crippen LogP contribution in [0.1, 0.15) is 21.5 Å². The van der Waals surface area contributed by atoms with Crippen molar-refractivity contribution in [2.24, 2.45) is 0 Å². The number of ether oxygens (including phenoxy) is 1. The fraction of sp³-hybridized carbons (Fsp3) is 0.211. The quantitative estimate of drug-likeness (QED) is 0.632. The van der Waals surface area contributed by atoms with E-state index in [0.717, 1.165) is 16.0 Å². The number of esters is 1. The summed E-state index contributed by atoms with van der Waals surface area (Å²) in [5.74, 6) is -0.665. The summed E-state index contributed by atoms with van der Waals surface area (Å²) in [6.45, 7) is 3.33. The van der Waals surface area contributed by atoms with E-state index < -0.39 is 11.9 Å². The SMILES string of the molecule is Cc1ccc(C)c(C(=O)OCC(=O)Nc2ccccc2SCC#N)c1. The van der Waals surface area contributed by atoms with E-state index in [2.05, 4.69) is 5.32 Å². The zero-order valence-electron chi connectivity index (χ0n) is 14.0. The lowest BCUT2D eigenvalue weighted by Gasteiger charge is -2.11. The number of para-hydroxylation sites is 1. The molecule has 0 fully saturated rings. The van der Waals surface area contributed by atoms with Gasteiger partial charge in [-0.25, -0.2) is 4.79 Å². The number of nitriles is 1. The van der Waals surface area contributed by atoms with Crippen LogP contribution in [0.5, 0.6) is 0 Å². The second-order valence-corrected chi connectivity index (χ2v) is 6.40. The third kappa shape index (κ3) is 5.37. The molecular weight excluding hydrogens is 336 g/mol. The summed E-state index contributed by atoms with van der Waals surface area (Å²) in [5, 5.41) is 11.4. The molecule has 0 aliphatic rings. The molecule has 128 valence electrons. The van der Waals surface area contributed by atoms with Crippen LogP contribution in [0.15, 0.2) is 47.4 Å². The molecule has 2 aromatic carbocycles. The molecule has 0 atom stereocenters. The minimum atomic E-state index is -0.525. The number of hydrogen-bond donors (Lipinski definition) is 1. The van der Waals surface area contributed by atoms with E-state index >= 15 is 0 Å². The van der Waals surface area contributed by atoms with Gasteiger partial charge in [-0.1, -0.05) is 29.8 Å². The zero-order chi connectivity index (χ0) is 18.2. The number of thioether (sulfide) groups is 1. The molecule has 0 spiro atoms. The minimum absolute atomic E-state index is 0.286. The molecule has 0 saturated heterocycles. The topological polar surface area (TPSA) is 79.2 Å². The van der Waals surface area contributed by atoms with E-state index in [1.807, 2.05) is 44.2 Å². The molecule has 1 amide bonds. The molecule has 0 heterocycles. The highest BCUT2D eigenvalue weighted by Crippen LogP contribution is 2.26. The summed E-state index contributed by atoms with van der Waals surface area (Å²) in [4.78, 5) is 25.0. The van der Waals surface area contributed by atoms with Crippen molar-refractivity contribution in [3.05, 3.63) is 59.2 Å². The highest BCUT2D eigenvalue weighted by atomic mass is 32.2. The number of rotatable bonds is 6. The maximum absolute atomic E-state index is 12.1. The molecule has 2 rings (SSSR count). The molecule has 1 N–H and O–H groups in total. The lowest BCUT2D eigenvalue weighted by molar-refractivity contribution is -0.119. The number of amides is 1. The average Bonchev–Trinajstić information content (AvgIpc) is 2.61. The van der Waals surface area contributed by atoms with E-state index in [4.69, 9.17) is 10.00 Å². The molecule has 0 aromatic heterocycles. The molecule has 0 bridgehead atoms. The van der Waals surface area contributed by atoms with Crippen molar-refractivity contribution in [2.75, 3.05) is 17.7 Å². The van der Waals surface area contributed by atoms with Crippen LogP contribution in [-0.2, 0) is 9.53 Å². The highest BCUT2D eigenvalue weighted by molar-refractivity contribution is 7.99. The molecule has 0 saturated carbocycles. The predicted octanol–water partition coefficient (Wildman–Crippen LogP) is 3.71. The van der Waals surface area contributed by atoms with Crippen molar-refractivity contribution in [1.29, 1.82) is 5.26 Å². The average molecular weight is 354 g/mol. The van der Waals surface area contributed by atoms with Crippen LogP contribution in [0.3, 0.4) is 0 Å². The molecule has 5 nitrogen and oxygen atoms in total. The Morgan fingerprint density at radius 1 is 1.20 bits per heavy atom. The van der Waals surface area contributed by atoms with Crippen LogP contribution >= 0.6 is 11.8 Å². The molecule has 0 unspecified atom stereocenters. The Bertz CT molecular complexity index is 828. The monoisotopic (exact) mass is 354 g/mol. The first kappa shape index (κ1) is 18.6. The van der Waals surface area contributed by atoms with Crippen LogP contribution in [0, 0.1) is 25.2 Å². The van der Waals surface area contributed by atoms with Gasteiger partial charge >= 0.3 is 5.97 Å². The predicted molar refractivity (Wildman–Crippen MR) is 97.6 cm³/mol. The Morgan fingerprint density at radius 2 is 1.96 bits per heavy atom. The number of carbonyl (C=O) groups excluding carboxylic acids is 2. The van der Waals surface area contributed by atoms with Crippen LogP contribution in [0.25, 0.3) is 0 Å². The molecule has 0 aliphatic heterocycles. The maximum atomic E-state index is 12.1. The summed E-state index contributed by atoms with van der Waals surface area (Å²) in [6, 6.07) is 14.7. The van der Waals surface area contributed by atoms with E-state index in [0.29, 0.717) is 11.3 Å². The van der Waals surface area contributed by atoms with Crippen molar-refractivity contribution >= 4 is 29.3 Å². The molecule has 25 heavy (non-hydrogen) atoms. The largest absolute Gasteiger partial charge is 0.452 e. The minimum Gasteiger partial charge on any atom is -0.452 e. The second-order valence-electron chi connectivity index (χ2n) is 5.39. The number of nitrogens with zero attached hydrogens (tertiary/aromatic N) is 1. The van der Waals surface area contributed by atoms with Crippen molar-refractivity contribution in [2.45, 2.75) is 18.7 Å². The summed E-state index contributed by atoms with van der Waals surface area (Å²) in [5.41, 5.74) is 2.80. The Labute approximate surface area is 151 Å². The summed E-state index contributed by atoms with van der Waals surface area (Å²) in [6.07, 6.45) is 0. The van der Waals surface area contributed by atoms with Crippen LogP contribution in [0.2, 0.25) is 0 Å². The number of benzene rings is 2. The van der Waals surface area contributed by atoms with Gasteiger partial charge in [0.2, 0.25) is 0 Å². The third-order valence-corrected chi connectivity index (χ3v) is 4.34. The Balaban J connectivity index is 1.96. The Kier molecular flexibility index (Phi) is 6.61. The second kappa shape index (κ2) is 8.90.